The lowest BCUT2D eigenvalue weighted by molar-refractivity contribution is 0.378. The minimum atomic E-state index is 0.559. The summed E-state index contributed by atoms with van der Waals surface area (Å²) in [5, 5.41) is 16.0. The molecule has 8 heteroatoms. The lowest BCUT2D eigenvalue weighted by Gasteiger charge is -2.05. The zero-order valence-corrected chi connectivity index (χ0v) is 14.9. The normalized spacial score (nSPS) is 10.7. The van der Waals surface area contributed by atoms with E-state index in [1.807, 2.05) is 31.4 Å². The highest BCUT2D eigenvalue weighted by Gasteiger charge is 2.12. The zero-order chi connectivity index (χ0) is 16.9. The molecule has 0 amide bonds. The highest BCUT2D eigenvalue weighted by molar-refractivity contribution is 7.99. The van der Waals surface area contributed by atoms with E-state index in [2.05, 4.69) is 26.2 Å². The summed E-state index contributed by atoms with van der Waals surface area (Å²) < 4.78 is 5.28. The maximum atomic E-state index is 9.24. The molecule has 3 heterocycles. The highest BCUT2D eigenvalue weighted by Crippen LogP contribution is 2.24. The van der Waals surface area contributed by atoms with E-state index in [1.165, 1.54) is 0 Å². The van der Waals surface area contributed by atoms with Crippen LogP contribution in [0, 0.1) is 25.2 Å². The predicted molar refractivity (Wildman–Crippen MR) is 92.9 cm³/mol. The van der Waals surface area contributed by atoms with Gasteiger partial charge in [0.1, 0.15) is 22.5 Å². The molecule has 3 aromatic rings. The van der Waals surface area contributed by atoms with Gasteiger partial charge in [0.2, 0.25) is 11.7 Å². The summed E-state index contributed by atoms with van der Waals surface area (Å²) in [6.45, 7) is 3.67. The number of hydrogen-bond acceptors (Lipinski definition) is 8. The molecule has 0 fully saturated rings. The fourth-order valence-electron chi connectivity index (χ4n) is 2.17. The fourth-order valence-corrected chi connectivity index (χ4v) is 3.83. The summed E-state index contributed by atoms with van der Waals surface area (Å²) in [7, 11) is 0. The molecule has 0 aliphatic carbocycles. The van der Waals surface area contributed by atoms with Crippen LogP contribution >= 0.6 is 23.1 Å². The monoisotopic (exact) mass is 357 g/mol. The lowest BCUT2D eigenvalue weighted by atomic mass is 10.3. The smallest absolute Gasteiger partial charge is 0.227 e. The molecule has 3 rings (SSSR count). The molecular formula is C16H15N5OS2. The molecule has 0 aromatic carbocycles. The molecule has 0 aliphatic heterocycles. The van der Waals surface area contributed by atoms with Gasteiger partial charge in [-0.25, -0.2) is 9.97 Å². The summed E-state index contributed by atoms with van der Waals surface area (Å²) in [5.41, 5.74) is 1.29. The van der Waals surface area contributed by atoms with E-state index in [4.69, 9.17) is 4.52 Å². The molecule has 0 bridgehead atoms. The van der Waals surface area contributed by atoms with Gasteiger partial charge in [0.05, 0.1) is 10.6 Å². The first-order valence-electron chi connectivity index (χ1n) is 7.42. The summed E-state index contributed by atoms with van der Waals surface area (Å²) in [5.74, 6) is 2.78. The van der Waals surface area contributed by atoms with Crippen LogP contribution in [-0.4, -0.2) is 25.9 Å². The van der Waals surface area contributed by atoms with Crippen LogP contribution < -0.4 is 0 Å². The van der Waals surface area contributed by atoms with Gasteiger partial charge in [-0.3, -0.25) is 0 Å². The molecule has 24 heavy (non-hydrogen) atoms. The van der Waals surface area contributed by atoms with Gasteiger partial charge in [-0.15, -0.1) is 23.1 Å². The molecule has 6 nitrogen and oxygen atoms in total. The topological polar surface area (TPSA) is 88.5 Å². The number of nitriles is 1. The Bertz CT molecular complexity index is 867. The van der Waals surface area contributed by atoms with E-state index < -0.39 is 0 Å². The standard InChI is InChI=1S/C16H15N5OS2/c1-10-12(9-17)16(19-11(2)18-10)24-8-4-6-14-20-15(21-22-14)13-5-3-7-23-13/h3,5,7H,4,6,8H2,1-2H3. The second-order valence-electron chi connectivity index (χ2n) is 5.09. The Morgan fingerprint density at radius 2 is 2.17 bits per heavy atom. The molecule has 0 atom stereocenters. The van der Waals surface area contributed by atoms with Crippen molar-refractivity contribution in [3.05, 3.63) is 40.5 Å². The minimum absolute atomic E-state index is 0.559. The summed E-state index contributed by atoms with van der Waals surface area (Å²) in [6.07, 6.45) is 1.57. The van der Waals surface area contributed by atoms with E-state index in [1.54, 1.807) is 23.1 Å². The van der Waals surface area contributed by atoms with E-state index >= 15 is 0 Å². The second-order valence-corrected chi connectivity index (χ2v) is 7.12. The molecule has 0 radical (unpaired) electrons. The quantitative estimate of drug-likeness (QED) is 0.376. The summed E-state index contributed by atoms with van der Waals surface area (Å²) in [4.78, 5) is 14.0. The van der Waals surface area contributed by atoms with E-state index in [0.29, 0.717) is 29.5 Å². The van der Waals surface area contributed by atoms with Crippen molar-refractivity contribution in [1.82, 2.24) is 20.1 Å². The molecule has 0 unspecified atom stereocenters. The van der Waals surface area contributed by atoms with Gasteiger partial charge in [0.25, 0.3) is 0 Å². The van der Waals surface area contributed by atoms with Crippen LogP contribution in [0.15, 0.2) is 27.1 Å². The van der Waals surface area contributed by atoms with E-state index in [0.717, 1.165) is 27.8 Å². The van der Waals surface area contributed by atoms with Crippen molar-refractivity contribution >= 4 is 23.1 Å². The van der Waals surface area contributed by atoms with Crippen molar-refractivity contribution in [1.29, 1.82) is 5.26 Å². The Morgan fingerprint density at radius 1 is 1.29 bits per heavy atom. The van der Waals surface area contributed by atoms with Gasteiger partial charge < -0.3 is 4.52 Å². The first-order valence-corrected chi connectivity index (χ1v) is 9.28. The lowest BCUT2D eigenvalue weighted by Crippen LogP contribution is -1.99. The van der Waals surface area contributed by atoms with Crippen LogP contribution in [0.1, 0.15) is 29.4 Å². The maximum absolute atomic E-state index is 9.24. The van der Waals surface area contributed by atoms with Crippen LogP contribution in [0.25, 0.3) is 10.7 Å². The van der Waals surface area contributed by atoms with Crippen molar-refractivity contribution in [2.24, 2.45) is 0 Å². The Morgan fingerprint density at radius 3 is 2.92 bits per heavy atom. The SMILES string of the molecule is Cc1nc(C)c(C#N)c(SCCCc2nc(-c3cccs3)no2)n1. The number of nitrogens with zero attached hydrogens (tertiary/aromatic N) is 5. The Balaban J connectivity index is 1.56. The largest absolute Gasteiger partial charge is 0.339 e. The molecule has 0 N–H and O–H groups in total. The predicted octanol–water partition coefficient (Wildman–Crippen LogP) is 3.80. The first-order chi connectivity index (χ1) is 11.7. The molecule has 0 saturated heterocycles. The Kier molecular flexibility index (Phi) is 5.23. The minimum Gasteiger partial charge on any atom is -0.339 e. The fraction of sp³-hybridized carbons (Fsp3) is 0.312. The van der Waals surface area contributed by atoms with Crippen molar-refractivity contribution in [3.63, 3.8) is 0 Å². The second kappa shape index (κ2) is 7.55. The molecule has 122 valence electrons. The third-order valence-electron chi connectivity index (χ3n) is 3.26. The van der Waals surface area contributed by atoms with Crippen molar-refractivity contribution in [3.8, 4) is 16.8 Å². The number of thioether (sulfide) groups is 1. The van der Waals surface area contributed by atoms with Crippen molar-refractivity contribution < 1.29 is 4.52 Å². The number of rotatable bonds is 6. The van der Waals surface area contributed by atoms with Crippen LogP contribution in [0.5, 0.6) is 0 Å². The van der Waals surface area contributed by atoms with Crippen LogP contribution in [0.3, 0.4) is 0 Å². The first kappa shape index (κ1) is 16.6. The number of aryl methyl sites for hydroxylation is 3. The zero-order valence-electron chi connectivity index (χ0n) is 13.3. The van der Waals surface area contributed by atoms with Gasteiger partial charge in [0, 0.05) is 12.2 Å². The van der Waals surface area contributed by atoms with Crippen LogP contribution in [-0.2, 0) is 6.42 Å². The number of aromatic nitrogens is 4. The molecule has 3 aromatic heterocycles. The van der Waals surface area contributed by atoms with Crippen LogP contribution in [0.2, 0.25) is 0 Å². The van der Waals surface area contributed by atoms with Gasteiger partial charge in [0.15, 0.2) is 0 Å². The number of hydrogen-bond donors (Lipinski definition) is 0. The molecular weight excluding hydrogens is 342 g/mol. The average molecular weight is 357 g/mol. The average Bonchev–Trinajstić information content (AvgIpc) is 3.22. The Labute approximate surface area is 148 Å². The molecule has 0 spiro atoms. The highest BCUT2D eigenvalue weighted by atomic mass is 32.2. The van der Waals surface area contributed by atoms with Crippen molar-refractivity contribution in [2.75, 3.05) is 5.75 Å². The van der Waals surface area contributed by atoms with Gasteiger partial charge in [-0.05, 0) is 31.7 Å². The number of thiophene rings is 1. The summed E-state index contributed by atoms with van der Waals surface area (Å²) >= 11 is 3.15. The summed E-state index contributed by atoms with van der Waals surface area (Å²) in [6, 6.07) is 6.12. The van der Waals surface area contributed by atoms with Gasteiger partial charge in [-0.2, -0.15) is 10.2 Å². The van der Waals surface area contributed by atoms with E-state index in [9.17, 15) is 5.26 Å². The molecule has 0 saturated carbocycles. The third kappa shape index (κ3) is 3.80. The molecule has 0 aliphatic rings. The Hall–Kier alpha value is -2.24. The maximum Gasteiger partial charge on any atom is 0.227 e. The van der Waals surface area contributed by atoms with Gasteiger partial charge >= 0.3 is 0 Å². The van der Waals surface area contributed by atoms with Gasteiger partial charge in [-0.1, -0.05) is 11.2 Å². The van der Waals surface area contributed by atoms with Crippen LogP contribution in [0.4, 0.5) is 0 Å². The third-order valence-corrected chi connectivity index (χ3v) is 5.19. The van der Waals surface area contributed by atoms with E-state index in [-0.39, 0.29) is 0 Å². The van der Waals surface area contributed by atoms with Crippen molar-refractivity contribution in [2.45, 2.75) is 31.7 Å².